The lowest BCUT2D eigenvalue weighted by Gasteiger charge is -2.16. The summed E-state index contributed by atoms with van der Waals surface area (Å²) in [5.41, 5.74) is 1.30. The highest BCUT2D eigenvalue weighted by molar-refractivity contribution is 7.18. The Labute approximate surface area is 116 Å². The molecule has 2 heterocycles. The van der Waals surface area contributed by atoms with E-state index in [9.17, 15) is 4.79 Å². The average Bonchev–Trinajstić information content (AvgIpc) is 2.95. The van der Waals surface area contributed by atoms with Crippen LogP contribution in [0.3, 0.4) is 0 Å². The number of H-pyrrole nitrogens is 1. The molecule has 0 spiro atoms. The molecular formula is C14H19N3OS. The lowest BCUT2D eigenvalue weighted by atomic mass is 10.2. The van der Waals surface area contributed by atoms with Gasteiger partial charge in [0.2, 0.25) is 0 Å². The van der Waals surface area contributed by atoms with Gasteiger partial charge < -0.3 is 4.98 Å². The van der Waals surface area contributed by atoms with Crippen molar-refractivity contribution in [2.45, 2.75) is 39.7 Å². The number of aromatic nitrogens is 2. The third kappa shape index (κ3) is 2.21. The summed E-state index contributed by atoms with van der Waals surface area (Å²) in [5, 5.41) is 0.848. The Kier molecular flexibility index (Phi) is 3.41. The van der Waals surface area contributed by atoms with Crippen LogP contribution in [-0.2, 0) is 19.4 Å². The summed E-state index contributed by atoms with van der Waals surface area (Å²) in [5.74, 6) is 0.793. The molecule has 0 atom stereocenters. The number of rotatable bonds is 4. The molecule has 1 aliphatic rings. The maximum atomic E-state index is 12.3. The van der Waals surface area contributed by atoms with E-state index in [0.29, 0.717) is 0 Å². The van der Waals surface area contributed by atoms with Crippen LogP contribution in [0.1, 0.15) is 36.5 Å². The van der Waals surface area contributed by atoms with Crippen LogP contribution in [-0.4, -0.2) is 28.0 Å². The average molecular weight is 277 g/mol. The Hall–Kier alpha value is -1.20. The van der Waals surface area contributed by atoms with Crippen molar-refractivity contribution in [2.75, 3.05) is 13.1 Å². The summed E-state index contributed by atoms with van der Waals surface area (Å²) in [6.45, 7) is 6.92. The Balaban J connectivity index is 2.03. The summed E-state index contributed by atoms with van der Waals surface area (Å²) >= 11 is 1.71. The second kappa shape index (κ2) is 5.06. The third-order valence-corrected chi connectivity index (χ3v) is 5.08. The Morgan fingerprint density at radius 2 is 2.11 bits per heavy atom. The van der Waals surface area contributed by atoms with Crippen LogP contribution < -0.4 is 5.56 Å². The van der Waals surface area contributed by atoms with E-state index < -0.39 is 0 Å². The molecule has 0 aromatic carbocycles. The van der Waals surface area contributed by atoms with Crippen molar-refractivity contribution in [3.8, 4) is 0 Å². The third-order valence-electron chi connectivity index (χ3n) is 3.89. The second-order valence-electron chi connectivity index (χ2n) is 5.01. The largest absolute Gasteiger partial charge is 0.309 e. The fourth-order valence-electron chi connectivity index (χ4n) is 2.78. The highest BCUT2D eigenvalue weighted by Crippen LogP contribution is 2.34. The van der Waals surface area contributed by atoms with Gasteiger partial charge in [-0.25, -0.2) is 4.98 Å². The molecule has 1 N–H and O–H groups in total. The van der Waals surface area contributed by atoms with Gasteiger partial charge in [0, 0.05) is 4.88 Å². The number of aromatic amines is 1. The zero-order valence-corrected chi connectivity index (χ0v) is 12.3. The van der Waals surface area contributed by atoms with Gasteiger partial charge in [-0.2, -0.15) is 0 Å². The van der Waals surface area contributed by atoms with Gasteiger partial charge in [-0.1, -0.05) is 13.8 Å². The Bertz CT molecular complexity index is 654. The van der Waals surface area contributed by atoms with Crippen LogP contribution >= 0.6 is 11.3 Å². The van der Waals surface area contributed by atoms with Crippen LogP contribution in [0.15, 0.2) is 4.79 Å². The van der Waals surface area contributed by atoms with Gasteiger partial charge in [0.1, 0.15) is 10.7 Å². The van der Waals surface area contributed by atoms with Gasteiger partial charge >= 0.3 is 0 Å². The van der Waals surface area contributed by atoms with Crippen LogP contribution in [0.5, 0.6) is 0 Å². The van der Waals surface area contributed by atoms with E-state index in [2.05, 4.69) is 28.7 Å². The number of hydrogen-bond acceptors (Lipinski definition) is 4. The number of thiophene rings is 1. The van der Waals surface area contributed by atoms with Crippen molar-refractivity contribution in [1.82, 2.24) is 14.9 Å². The number of aryl methyl sites for hydroxylation is 2. The normalized spacial score (nSPS) is 14.5. The standard InChI is InChI=1S/C14H19N3OS/c1-3-17(4-2)8-11-15-13(18)12-9-6-5-7-10(9)19-14(12)16-11/h3-8H2,1-2H3,(H,15,16,18). The summed E-state index contributed by atoms with van der Waals surface area (Å²) in [7, 11) is 0. The maximum absolute atomic E-state index is 12.3. The second-order valence-corrected chi connectivity index (χ2v) is 6.10. The Morgan fingerprint density at radius 3 is 2.84 bits per heavy atom. The van der Waals surface area contributed by atoms with E-state index >= 15 is 0 Å². The Morgan fingerprint density at radius 1 is 1.32 bits per heavy atom. The first kappa shape index (κ1) is 12.8. The SMILES string of the molecule is CCN(CC)Cc1nc2sc3c(c2c(=O)[nH]1)CCC3. The van der Waals surface area contributed by atoms with E-state index in [4.69, 9.17) is 0 Å². The van der Waals surface area contributed by atoms with E-state index in [0.717, 1.165) is 48.5 Å². The van der Waals surface area contributed by atoms with Crippen molar-refractivity contribution >= 4 is 21.6 Å². The first-order chi connectivity index (χ1) is 9.22. The van der Waals surface area contributed by atoms with Gasteiger partial charge in [-0.3, -0.25) is 9.69 Å². The number of fused-ring (bicyclic) bond motifs is 3. The van der Waals surface area contributed by atoms with Crippen LogP contribution in [0.4, 0.5) is 0 Å². The molecule has 2 aromatic heterocycles. The smallest absolute Gasteiger partial charge is 0.259 e. The van der Waals surface area contributed by atoms with Crippen LogP contribution in [0.2, 0.25) is 0 Å². The number of hydrogen-bond donors (Lipinski definition) is 1. The highest BCUT2D eigenvalue weighted by Gasteiger charge is 2.21. The molecule has 19 heavy (non-hydrogen) atoms. The van der Waals surface area contributed by atoms with Gasteiger partial charge in [0.05, 0.1) is 11.9 Å². The van der Waals surface area contributed by atoms with E-state index in [-0.39, 0.29) is 5.56 Å². The zero-order chi connectivity index (χ0) is 13.4. The minimum atomic E-state index is 0.0477. The predicted octanol–water partition coefficient (Wildman–Crippen LogP) is 2.32. The first-order valence-electron chi connectivity index (χ1n) is 6.98. The minimum absolute atomic E-state index is 0.0477. The van der Waals surface area contributed by atoms with Crippen molar-refractivity contribution in [3.05, 3.63) is 26.6 Å². The fourth-order valence-corrected chi connectivity index (χ4v) is 4.06. The summed E-state index contributed by atoms with van der Waals surface area (Å²) in [6.07, 6.45) is 3.33. The van der Waals surface area contributed by atoms with Crippen LogP contribution in [0.25, 0.3) is 10.2 Å². The van der Waals surface area contributed by atoms with Crippen molar-refractivity contribution in [3.63, 3.8) is 0 Å². The molecule has 4 nitrogen and oxygen atoms in total. The molecule has 1 aliphatic carbocycles. The van der Waals surface area contributed by atoms with Crippen molar-refractivity contribution < 1.29 is 0 Å². The summed E-state index contributed by atoms with van der Waals surface area (Å²) in [6, 6.07) is 0. The summed E-state index contributed by atoms with van der Waals surface area (Å²) in [4.78, 5) is 24.4. The molecule has 0 fully saturated rings. The molecule has 0 saturated carbocycles. The van der Waals surface area contributed by atoms with Gasteiger partial charge in [0.15, 0.2) is 0 Å². The predicted molar refractivity (Wildman–Crippen MR) is 78.9 cm³/mol. The number of nitrogens with one attached hydrogen (secondary N) is 1. The maximum Gasteiger partial charge on any atom is 0.259 e. The summed E-state index contributed by atoms with van der Waals surface area (Å²) < 4.78 is 0. The molecule has 102 valence electrons. The van der Waals surface area contributed by atoms with E-state index in [1.54, 1.807) is 11.3 Å². The fraction of sp³-hybridized carbons (Fsp3) is 0.571. The molecule has 2 aromatic rings. The van der Waals surface area contributed by atoms with Crippen molar-refractivity contribution in [2.24, 2.45) is 0 Å². The first-order valence-corrected chi connectivity index (χ1v) is 7.80. The van der Waals surface area contributed by atoms with Crippen LogP contribution in [0, 0.1) is 0 Å². The minimum Gasteiger partial charge on any atom is -0.309 e. The monoisotopic (exact) mass is 277 g/mol. The van der Waals surface area contributed by atoms with Gasteiger partial charge in [0.25, 0.3) is 5.56 Å². The molecule has 0 saturated heterocycles. The van der Waals surface area contributed by atoms with E-state index in [1.807, 2.05) is 0 Å². The quantitative estimate of drug-likeness (QED) is 0.933. The lowest BCUT2D eigenvalue weighted by Crippen LogP contribution is -2.25. The zero-order valence-electron chi connectivity index (χ0n) is 11.5. The lowest BCUT2D eigenvalue weighted by molar-refractivity contribution is 0.288. The van der Waals surface area contributed by atoms with E-state index in [1.165, 1.54) is 16.9 Å². The molecule has 0 bridgehead atoms. The molecular weight excluding hydrogens is 258 g/mol. The molecule has 0 aliphatic heterocycles. The van der Waals surface area contributed by atoms with Gasteiger partial charge in [-0.05, 0) is 37.9 Å². The highest BCUT2D eigenvalue weighted by atomic mass is 32.1. The number of nitrogens with zero attached hydrogens (tertiary/aromatic N) is 2. The molecule has 0 unspecified atom stereocenters. The van der Waals surface area contributed by atoms with Crippen molar-refractivity contribution in [1.29, 1.82) is 0 Å². The molecule has 0 amide bonds. The molecule has 5 heteroatoms. The molecule has 0 radical (unpaired) electrons. The topological polar surface area (TPSA) is 49.0 Å². The molecule has 3 rings (SSSR count). The van der Waals surface area contributed by atoms with Gasteiger partial charge in [-0.15, -0.1) is 11.3 Å².